The normalized spacial score (nSPS) is 11.5. The highest BCUT2D eigenvalue weighted by Crippen LogP contribution is 2.35. The molecule has 0 heterocycles. The van der Waals surface area contributed by atoms with Gasteiger partial charge in [0.25, 0.3) is 0 Å². The predicted octanol–water partition coefficient (Wildman–Crippen LogP) is 4.69. The van der Waals surface area contributed by atoms with Gasteiger partial charge in [0.2, 0.25) is 0 Å². The van der Waals surface area contributed by atoms with E-state index in [0.717, 1.165) is 29.8 Å². The fourth-order valence-corrected chi connectivity index (χ4v) is 1.81. The van der Waals surface area contributed by atoms with Crippen molar-refractivity contribution in [2.75, 3.05) is 0 Å². The van der Waals surface area contributed by atoms with E-state index in [0.29, 0.717) is 0 Å². The van der Waals surface area contributed by atoms with Crippen LogP contribution >= 0.6 is 12.6 Å². The molecule has 0 atom stereocenters. The summed E-state index contributed by atoms with van der Waals surface area (Å²) in [7, 11) is 0. The largest absolute Gasteiger partial charge is 0.426 e. The topological polar surface area (TPSA) is 9.23 Å². The van der Waals surface area contributed by atoms with Gasteiger partial charge in [-0.05, 0) is 31.2 Å². The molecule has 1 nitrogen and oxygen atoms in total. The molecular weight excluding hydrogens is 292 g/mol. The molecule has 2 rings (SSSR count). The summed E-state index contributed by atoms with van der Waals surface area (Å²) in [6, 6.07) is 6.78. The number of aryl methyl sites for hydroxylation is 1. The molecule has 0 N–H and O–H groups in total. The quantitative estimate of drug-likeness (QED) is 0.639. The maximum Gasteiger partial charge on any atom is 0.426 e. The van der Waals surface area contributed by atoms with Gasteiger partial charge in [0.15, 0.2) is 17.4 Å². The summed E-state index contributed by atoms with van der Waals surface area (Å²) < 4.78 is 58.9. The van der Waals surface area contributed by atoms with Gasteiger partial charge in [-0.15, -0.1) is 12.6 Å². The molecule has 6 heteroatoms. The van der Waals surface area contributed by atoms with Gasteiger partial charge in [0.1, 0.15) is 0 Å². The minimum Gasteiger partial charge on any atom is -0.423 e. The van der Waals surface area contributed by atoms with Gasteiger partial charge in [-0.25, -0.2) is 8.78 Å². The Hall–Kier alpha value is -1.69. The Morgan fingerprint density at radius 3 is 2.00 bits per heavy atom. The first kappa shape index (κ1) is 14.7. The first-order valence-corrected chi connectivity index (χ1v) is 6.06. The summed E-state index contributed by atoms with van der Waals surface area (Å²) in [5.74, 6) is -3.60. The van der Waals surface area contributed by atoms with Crippen LogP contribution in [0.5, 0.6) is 5.75 Å². The minimum absolute atomic E-state index is 0.0222. The average Bonchev–Trinajstić information content (AvgIpc) is 2.34. The molecule has 0 amide bonds. The third-order valence-corrected chi connectivity index (χ3v) is 2.86. The van der Waals surface area contributed by atoms with Crippen LogP contribution in [0.25, 0.3) is 0 Å². The van der Waals surface area contributed by atoms with Crippen molar-refractivity contribution in [2.45, 2.75) is 17.9 Å². The molecule has 0 saturated heterocycles. The first-order chi connectivity index (χ1) is 9.29. The van der Waals surface area contributed by atoms with Crippen molar-refractivity contribution in [3.05, 3.63) is 59.2 Å². The van der Waals surface area contributed by atoms with Crippen molar-refractivity contribution >= 4 is 12.6 Å². The Bertz CT molecular complexity index is 603. The lowest BCUT2D eigenvalue weighted by molar-refractivity contribution is -0.188. The summed E-state index contributed by atoms with van der Waals surface area (Å²) in [6.07, 6.45) is -3.84. The molecule has 0 aromatic heterocycles. The van der Waals surface area contributed by atoms with Crippen molar-refractivity contribution in [2.24, 2.45) is 0 Å². The summed E-state index contributed by atoms with van der Waals surface area (Å²) >= 11 is 3.74. The predicted molar refractivity (Wildman–Crippen MR) is 69.3 cm³/mol. The third-order valence-electron chi connectivity index (χ3n) is 2.60. The molecule has 0 aliphatic carbocycles. The standard InChI is InChI=1S/C14H10F4OS/c1-8-2-4-9(5-3-8)14(17,18)19-13-11(15)6-10(20)7-12(13)16/h2-7,20H,1H3. The van der Waals surface area contributed by atoms with E-state index in [2.05, 4.69) is 17.4 Å². The second kappa shape index (κ2) is 5.36. The lowest BCUT2D eigenvalue weighted by atomic mass is 10.1. The van der Waals surface area contributed by atoms with Crippen LogP contribution in [0.15, 0.2) is 41.3 Å². The van der Waals surface area contributed by atoms with E-state index in [1.165, 1.54) is 12.1 Å². The Morgan fingerprint density at radius 2 is 1.50 bits per heavy atom. The molecule has 0 radical (unpaired) electrons. The van der Waals surface area contributed by atoms with Gasteiger partial charge in [-0.1, -0.05) is 17.7 Å². The Morgan fingerprint density at radius 1 is 1.00 bits per heavy atom. The number of hydrogen-bond acceptors (Lipinski definition) is 2. The lowest BCUT2D eigenvalue weighted by Crippen LogP contribution is -2.23. The van der Waals surface area contributed by atoms with Crippen LogP contribution in [-0.4, -0.2) is 0 Å². The van der Waals surface area contributed by atoms with Crippen molar-refractivity contribution in [1.29, 1.82) is 0 Å². The number of alkyl halides is 2. The number of rotatable bonds is 3. The molecule has 0 bridgehead atoms. The molecule has 0 aliphatic heterocycles. The maximum absolute atomic E-state index is 13.9. The summed E-state index contributed by atoms with van der Waals surface area (Å²) in [5, 5.41) is 0. The number of benzene rings is 2. The van der Waals surface area contributed by atoms with Crippen molar-refractivity contribution in [3.63, 3.8) is 0 Å². The Balaban J connectivity index is 2.35. The van der Waals surface area contributed by atoms with E-state index in [4.69, 9.17) is 0 Å². The highest BCUT2D eigenvalue weighted by molar-refractivity contribution is 7.80. The van der Waals surface area contributed by atoms with E-state index in [9.17, 15) is 17.6 Å². The van der Waals surface area contributed by atoms with Gasteiger partial charge in [0, 0.05) is 4.90 Å². The number of hydrogen-bond donors (Lipinski definition) is 1. The highest BCUT2D eigenvalue weighted by Gasteiger charge is 2.36. The van der Waals surface area contributed by atoms with Gasteiger partial charge in [-0.3, -0.25) is 0 Å². The fraction of sp³-hybridized carbons (Fsp3) is 0.143. The minimum atomic E-state index is -3.84. The van der Waals surface area contributed by atoms with E-state index in [-0.39, 0.29) is 4.90 Å². The Kier molecular flexibility index (Phi) is 3.94. The molecule has 20 heavy (non-hydrogen) atoms. The molecular formula is C14H10F4OS. The number of ether oxygens (including phenoxy) is 1. The monoisotopic (exact) mass is 302 g/mol. The summed E-state index contributed by atoms with van der Waals surface area (Å²) in [5.41, 5.74) is 0.290. The molecule has 0 aliphatic rings. The van der Waals surface area contributed by atoms with Crippen LogP contribution in [-0.2, 0) is 6.11 Å². The number of thiol groups is 1. The summed E-state index contributed by atoms with van der Waals surface area (Å²) in [6.45, 7) is 1.73. The van der Waals surface area contributed by atoms with Crippen LogP contribution in [0.1, 0.15) is 11.1 Å². The van der Waals surface area contributed by atoms with Crippen molar-refractivity contribution in [1.82, 2.24) is 0 Å². The van der Waals surface area contributed by atoms with Crippen LogP contribution in [0.2, 0.25) is 0 Å². The fourth-order valence-electron chi connectivity index (χ4n) is 1.58. The summed E-state index contributed by atoms with van der Waals surface area (Å²) in [4.78, 5) is -0.0222. The Labute approximate surface area is 118 Å². The van der Waals surface area contributed by atoms with E-state index in [1.54, 1.807) is 6.92 Å². The maximum atomic E-state index is 13.9. The molecule has 2 aromatic rings. The van der Waals surface area contributed by atoms with Crippen LogP contribution in [0.3, 0.4) is 0 Å². The zero-order chi connectivity index (χ0) is 14.9. The molecule has 0 unspecified atom stereocenters. The van der Waals surface area contributed by atoms with Crippen molar-refractivity contribution in [3.8, 4) is 5.75 Å². The first-order valence-electron chi connectivity index (χ1n) is 5.61. The third kappa shape index (κ3) is 3.07. The van der Waals surface area contributed by atoms with E-state index < -0.39 is 29.1 Å². The van der Waals surface area contributed by atoms with Crippen molar-refractivity contribution < 1.29 is 22.3 Å². The second-order valence-corrected chi connectivity index (χ2v) is 4.74. The van der Waals surface area contributed by atoms with Gasteiger partial charge in [-0.2, -0.15) is 8.78 Å². The van der Waals surface area contributed by atoms with E-state index >= 15 is 0 Å². The highest BCUT2D eigenvalue weighted by atomic mass is 32.1. The van der Waals surface area contributed by atoms with Crippen LogP contribution < -0.4 is 4.74 Å². The van der Waals surface area contributed by atoms with E-state index in [1.807, 2.05) is 0 Å². The van der Waals surface area contributed by atoms with Gasteiger partial charge >= 0.3 is 6.11 Å². The average molecular weight is 302 g/mol. The lowest BCUT2D eigenvalue weighted by Gasteiger charge is -2.19. The molecule has 106 valence electrons. The molecule has 0 saturated carbocycles. The smallest absolute Gasteiger partial charge is 0.423 e. The SMILES string of the molecule is Cc1ccc(C(F)(F)Oc2c(F)cc(S)cc2F)cc1. The second-order valence-electron chi connectivity index (χ2n) is 4.22. The van der Waals surface area contributed by atoms with Gasteiger partial charge < -0.3 is 4.74 Å². The molecule has 2 aromatic carbocycles. The number of halogens is 4. The van der Waals surface area contributed by atoms with Crippen LogP contribution in [0.4, 0.5) is 17.6 Å². The zero-order valence-corrected chi connectivity index (χ0v) is 11.2. The molecule has 0 fully saturated rings. The van der Waals surface area contributed by atoms with Crippen LogP contribution in [0, 0.1) is 18.6 Å². The molecule has 0 spiro atoms. The zero-order valence-electron chi connectivity index (χ0n) is 10.3. The van der Waals surface area contributed by atoms with Gasteiger partial charge in [0.05, 0.1) is 5.56 Å².